The van der Waals surface area contributed by atoms with Crippen LogP contribution in [-0.4, -0.2) is 63.2 Å². The first-order chi connectivity index (χ1) is 16.4. The van der Waals surface area contributed by atoms with Crippen molar-refractivity contribution in [3.05, 3.63) is 41.9 Å². The van der Waals surface area contributed by atoms with Gasteiger partial charge in [0.2, 0.25) is 11.9 Å². The molecule has 0 aromatic carbocycles. The van der Waals surface area contributed by atoms with Gasteiger partial charge in [0, 0.05) is 55.8 Å². The van der Waals surface area contributed by atoms with Gasteiger partial charge in [0.05, 0.1) is 11.4 Å². The van der Waals surface area contributed by atoms with Crippen LogP contribution in [0.3, 0.4) is 0 Å². The minimum atomic E-state index is 0.0358. The maximum Gasteiger partial charge on any atom is 0.245 e. The summed E-state index contributed by atoms with van der Waals surface area (Å²) in [5.41, 5.74) is 3.75. The van der Waals surface area contributed by atoms with Crippen molar-refractivity contribution in [1.29, 1.82) is 0 Å². The van der Waals surface area contributed by atoms with Gasteiger partial charge in [0.1, 0.15) is 5.82 Å². The number of H-pyrrole nitrogens is 1. The lowest BCUT2D eigenvalue weighted by Gasteiger charge is -2.47. The second-order valence-corrected chi connectivity index (χ2v) is 10.8. The number of aromatic nitrogens is 4. The molecule has 2 N–H and O–H groups in total. The molecule has 1 amide bonds. The summed E-state index contributed by atoms with van der Waals surface area (Å²) in [4.78, 5) is 26.3. The highest BCUT2D eigenvalue weighted by Gasteiger charge is 2.49. The molecule has 0 saturated carbocycles. The van der Waals surface area contributed by atoms with E-state index in [-0.39, 0.29) is 17.4 Å². The summed E-state index contributed by atoms with van der Waals surface area (Å²) < 4.78 is 0. The van der Waals surface area contributed by atoms with Crippen molar-refractivity contribution in [1.82, 2.24) is 25.1 Å². The summed E-state index contributed by atoms with van der Waals surface area (Å²) in [7, 11) is 0. The van der Waals surface area contributed by atoms with Crippen molar-refractivity contribution < 1.29 is 4.79 Å². The van der Waals surface area contributed by atoms with Crippen molar-refractivity contribution in [2.75, 3.05) is 36.4 Å². The number of aromatic amines is 1. The molecule has 0 unspecified atom stereocenters. The number of likely N-dealkylation sites (tertiary alicyclic amines) is 1. The molecule has 182 valence electrons. The van der Waals surface area contributed by atoms with E-state index in [2.05, 4.69) is 46.9 Å². The molecular formula is C26H37N7O. The first-order valence-corrected chi connectivity index (χ1v) is 12.8. The Kier molecular flexibility index (Phi) is 6.32. The Morgan fingerprint density at radius 1 is 1.26 bits per heavy atom. The fraction of sp³-hybridized carbons (Fsp3) is 0.615. The quantitative estimate of drug-likeness (QED) is 0.584. The number of amides is 1. The highest BCUT2D eigenvalue weighted by atomic mass is 16.2. The maximum atomic E-state index is 11.9. The van der Waals surface area contributed by atoms with Crippen LogP contribution in [0.2, 0.25) is 0 Å². The predicted molar refractivity (Wildman–Crippen MR) is 134 cm³/mol. The van der Waals surface area contributed by atoms with E-state index >= 15 is 0 Å². The van der Waals surface area contributed by atoms with E-state index in [1.54, 1.807) is 0 Å². The number of aryl methyl sites for hydroxylation is 1. The molecule has 1 aliphatic carbocycles. The molecule has 2 fully saturated rings. The molecule has 4 heterocycles. The zero-order chi connectivity index (χ0) is 23.7. The molecule has 34 heavy (non-hydrogen) atoms. The Bertz CT molecular complexity index is 1030. The second-order valence-electron chi connectivity index (χ2n) is 10.8. The number of nitrogens with one attached hydrogen (secondary N) is 2. The molecule has 1 atom stereocenters. The van der Waals surface area contributed by atoms with E-state index in [1.165, 1.54) is 30.2 Å². The largest absolute Gasteiger partial charge is 0.367 e. The average molecular weight is 464 g/mol. The van der Waals surface area contributed by atoms with E-state index in [9.17, 15) is 4.79 Å². The van der Waals surface area contributed by atoms with Gasteiger partial charge in [-0.3, -0.25) is 9.89 Å². The topological polar surface area (TPSA) is 90.0 Å². The number of anilines is 2. The van der Waals surface area contributed by atoms with Gasteiger partial charge in [-0.25, -0.2) is 4.98 Å². The molecule has 8 nitrogen and oxygen atoms in total. The second kappa shape index (κ2) is 9.39. The Morgan fingerprint density at radius 3 is 2.82 bits per heavy atom. The van der Waals surface area contributed by atoms with E-state index < -0.39 is 0 Å². The molecule has 5 rings (SSSR count). The lowest BCUT2D eigenvalue weighted by molar-refractivity contribution is -0.136. The van der Waals surface area contributed by atoms with E-state index in [0.29, 0.717) is 5.92 Å². The minimum absolute atomic E-state index is 0.0358. The monoisotopic (exact) mass is 463 g/mol. The molecule has 3 aliphatic rings. The van der Waals surface area contributed by atoms with Crippen LogP contribution < -0.4 is 10.2 Å². The van der Waals surface area contributed by atoms with Crippen molar-refractivity contribution in [3.8, 4) is 0 Å². The Hall–Kier alpha value is -2.90. The molecule has 8 heteroatoms. The number of carbonyl (C=O) groups is 1. The van der Waals surface area contributed by atoms with E-state index in [0.717, 1.165) is 75.7 Å². The number of rotatable bonds is 8. The number of hydrogen-bond donors (Lipinski definition) is 2. The van der Waals surface area contributed by atoms with Gasteiger partial charge in [0.15, 0.2) is 0 Å². The minimum Gasteiger partial charge on any atom is -0.367 e. The number of carbonyl (C=O) groups excluding carboxylic acids is 1. The summed E-state index contributed by atoms with van der Waals surface area (Å²) in [6, 6.07) is 2.32. The van der Waals surface area contributed by atoms with Crippen LogP contribution >= 0.6 is 0 Å². The smallest absolute Gasteiger partial charge is 0.245 e. The average Bonchev–Trinajstić information content (AvgIpc) is 3.47. The van der Waals surface area contributed by atoms with Crippen molar-refractivity contribution in [2.45, 2.75) is 64.8 Å². The van der Waals surface area contributed by atoms with Crippen molar-refractivity contribution in [2.24, 2.45) is 11.3 Å². The number of fused-ring (bicyclic) bond motifs is 1. The molecule has 0 radical (unpaired) electrons. The third-order valence-electron chi connectivity index (χ3n) is 7.54. The fourth-order valence-electron chi connectivity index (χ4n) is 5.87. The van der Waals surface area contributed by atoms with Crippen LogP contribution in [0.4, 0.5) is 11.8 Å². The van der Waals surface area contributed by atoms with Crippen LogP contribution in [0, 0.1) is 11.3 Å². The zero-order valence-electron chi connectivity index (χ0n) is 20.5. The fourth-order valence-corrected chi connectivity index (χ4v) is 5.87. The highest BCUT2D eigenvalue weighted by molar-refractivity contribution is 5.87. The third kappa shape index (κ3) is 4.68. The lowest BCUT2D eigenvalue weighted by Crippen LogP contribution is -2.59. The molecule has 2 aliphatic heterocycles. The summed E-state index contributed by atoms with van der Waals surface area (Å²) in [6.45, 7) is 11.6. The Labute approximate surface area is 202 Å². The van der Waals surface area contributed by atoms with Gasteiger partial charge < -0.3 is 15.1 Å². The van der Waals surface area contributed by atoms with Gasteiger partial charge in [0.25, 0.3) is 0 Å². The van der Waals surface area contributed by atoms with Crippen LogP contribution in [0.5, 0.6) is 0 Å². The first kappa shape index (κ1) is 22.9. The van der Waals surface area contributed by atoms with Crippen LogP contribution in [-0.2, 0) is 24.1 Å². The lowest BCUT2D eigenvalue weighted by atomic mass is 9.79. The summed E-state index contributed by atoms with van der Waals surface area (Å²) in [6.07, 6.45) is 10.8. The zero-order valence-corrected chi connectivity index (χ0v) is 20.5. The normalized spacial score (nSPS) is 19.7. The molecule has 0 bridgehead atoms. The SMILES string of the molecule is C=CC(=O)N1CC2(CCN(c3nc4c(c(N[C@H](Cc5cc[nH]n5)CC(C)C)n3)CCCC4)C2)C1. The Morgan fingerprint density at radius 2 is 2.09 bits per heavy atom. The standard InChI is InChI=1S/C26H37N7O/c1-4-23(34)33-16-26(17-33)10-12-32(15-26)25-29-22-8-6-5-7-21(22)24(30-25)28-20(13-18(2)3)14-19-9-11-27-31-19/h4,9,11,18,20H,1,5-8,10,12-17H2,2-3H3,(H,27,31)(H,28,29,30)/t20-/m0/s1. The number of hydrogen-bond acceptors (Lipinski definition) is 6. The van der Waals surface area contributed by atoms with Gasteiger partial charge in [-0.05, 0) is 56.6 Å². The number of nitrogens with zero attached hydrogens (tertiary/aromatic N) is 5. The molecular weight excluding hydrogens is 426 g/mol. The van der Waals surface area contributed by atoms with Gasteiger partial charge in [-0.1, -0.05) is 20.4 Å². The van der Waals surface area contributed by atoms with Crippen molar-refractivity contribution in [3.63, 3.8) is 0 Å². The summed E-state index contributed by atoms with van der Waals surface area (Å²) >= 11 is 0. The van der Waals surface area contributed by atoms with Crippen LogP contribution in [0.1, 0.15) is 56.5 Å². The predicted octanol–water partition coefficient (Wildman–Crippen LogP) is 3.37. The van der Waals surface area contributed by atoms with Crippen LogP contribution in [0.15, 0.2) is 24.9 Å². The van der Waals surface area contributed by atoms with Gasteiger partial charge in [-0.2, -0.15) is 10.1 Å². The van der Waals surface area contributed by atoms with E-state index in [1.807, 2.05) is 11.1 Å². The highest BCUT2D eigenvalue weighted by Crippen LogP contribution is 2.41. The molecule has 2 aromatic heterocycles. The Balaban J connectivity index is 1.36. The van der Waals surface area contributed by atoms with Gasteiger partial charge in [-0.15, -0.1) is 0 Å². The molecule has 1 spiro atoms. The van der Waals surface area contributed by atoms with E-state index in [4.69, 9.17) is 9.97 Å². The third-order valence-corrected chi connectivity index (χ3v) is 7.54. The first-order valence-electron chi connectivity index (χ1n) is 12.8. The van der Waals surface area contributed by atoms with Crippen molar-refractivity contribution >= 4 is 17.7 Å². The molecule has 2 aromatic rings. The molecule has 2 saturated heterocycles. The summed E-state index contributed by atoms with van der Waals surface area (Å²) in [5.74, 6) is 2.47. The summed E-state index contributed by atoms with van der Waals surface area (Å²) in [5, 5.41) is 11.2. The maximum absolute atomic E-state index is 11.9. The van der Waals surface area contributed by atoms with Gasteiger partial charge >= 0.3 is 0 Å². The van der Waals surface area contributed by atoms with Crippen LogP contribution in [0.25, 0.3) is 0 Å².